The highest BCUT2D eigenvalue weighted by molar-refractivity contribution is 7.87. The van der Waals surface area contributed by atoms with E-state index in [1.165, 1.54) is 17.4 Å². The molecule has 108 valence electrons. The van der Waals surface area contributed by atoms with Gasteiger partial charge in [0.15, 0.2) is 5.13 Å². The number of halogens is 1. The van der Waals surface area contributed by atoms with E-state index in [2.05, 4.69) is 4.98 Å². The Hall–Kier alpha value is -2.19. The third-order valence-corrected chi connectivity index (χ3v) is 4.79. The van der Waals surface area contributed by atoms with Gasteiger partial charge in [-0.2, -0.15) is 8.42 Å². The molecule has 1 aromatic heterocycles. The van der Waals surface area contributed by atoms with Gasteiger partial charge in [-0.15, -0.1) is 0 Å². The van der Waals surface area contributed by atoms with Crippen LogP contribution in [0.4, 0.5) is 9.52 Å². The molecule has 2 N–H and O–H groups in total. The van der Waals surface area contributed by atoms with Gasteiger partial charge < -0.3 is 9.92 Å². The summed E-state index contributed by atoms with van der Waals surface area (Å²) in [7, 11) is -4.01. The van der Waals surface area contributed by atoms with Gasteiger partial charge in [0, 0.05) is 6.07 Å². The van der Waals surface area contributed by atoms with Crippen LogP contribution in [0.2, 0.25) is 0 Å². The van der Waals surface area contributed by atoms with E-state index in [1.54, 1.807) is 12.1 Å². The Balaban J connectivity index is 1.94. The number of rotatable bonds is 3. The monoisotopic (exact) mass is 324 g/mol. The van der Waals surface area contributed by atoms with Crippen molar-refractivity contribution in [2.75, 3.05) is 5.73 Å². The molecule has 5 nitrogen and oxygen atoms in total. The predicted octanol–water partition coefficient (Wildman–Crippen LogP) is 2.79. The predicted molar refractivity (Wildman–Crippen MR) is 78.2 cm³/mol. The van der Waals surface area contributed by atoms with Crippen LogP contribution in [0.15, 0.2) is 47.4 Å². The fourth-order valence-electron chi connectivity index (χ4n) is 1.75. The third kappa shape index (κ3) is 2.81. The number of nitrogens with two attached hydrogens (primary N) is 1. The highest BCUT2D eigenvalue weighted by atomic mass is 32.2. The lowest BCUT2D eigenvalue weighted by molar-refractivity contribution is 0.486. The summed E-state index contributed by atoms with van der Waals surface area (Å²) in [6.45, 7) is 0. The molecule has 1 heterocycles. The van der Waals surface area contributed by atoms with E-state index < -0.39 is 15.9 Å². The number of hydrogen-bond acceptors (Lipinski definition) is 6. The van der Waals surface area contributed by atoms with Gasteiger partial charge in [0.05, 0.1) is 10.2 Å². The second kappa shape index (κ2) is 4.97. The maximum absolute atomic E-state index is 12.8. The number of hydrogen-bond donors (Lipinski definition) is 1. The maximum Gasteiger partial charge on any atom is 0.339 e. The van der Waals surface area contributed by atoms with E-state index in [-0.39, 0.29) is 10.6 Å². The van der Waals surface area contributed by atoms with Crippen LogP contribution in [-0.4, -0.2) is 13.4 Å². The average molecular weight is 324 g/mol. The zero-order valence-electron chi connectivity index (χ0n) is 10.5. The van der Waals surface area contributed by atoms with Crippen LogP contribution in [0.3, 0.4) is 0 Å². The quantitative estimate of drug-likeness (QED) is 0.749. The summed E-state index contributed by atoms with van der Waals surface area (Å²) in [6.07, 6.45) is 0. The van der Waals surface area contributed by atoms with Crippen LogP contribution in [0.5, 0.6) is 5.75 Å². The molecule has 21 heavy (non-hydrogen) atoms. The van der Waals surface area contributed by atoms with E-state index >= 15 is 0 Å². The van der Waals surface area contributed by atoms with Crippen LogP contribution in [0.1, 0.15) is 0 Å². The van der Waals surface area contributed by atoms with E-state index in [9.17, 15) is 12.8 Å². The van der Waals surface area contributed by atoms with Crippen molar-refractivity contribution in [3.63, 3.8) is 0 Å². The summed E-state index contributed by atoms with van der Waals surface area (Å²) in [5.41, 5.74) is 6.26. The van der Waals surface area contributed by atoms with Gasteiger partial charge in [-0.05, 0) is 36.4 Å². The van der Waals surface area contributed by atoms with Gasteiger partial charge in [0.25, 0.3) is 0 Å². The third-order valence-electron chi connectivity index (χ3n) is 2.68. The molecule has 3 rings (SSSR count). The molecule has 0 bridgehead atoms. The Morgan fingerprint density at radius 1 is 1.14 bits per heavy atom. The molecule has 0 saturated carbocycles. The van der Waals surface area contributed by atoms with E-state index in [0.29, 0.717) is 10.6 Å². The highest BCUT2D eigenvalue weighted by Gasteiger charge is 2.17. The van der Waals surface area contributed by atoms with Crippen LogP contribution in [0, 0.1) is 5.82 Å². The minimum Gasteiger partial charge on any atom is -0.379 e. The lowest BCUT2D eigenvalue weighted by Gasteiger charge is -2.06. The van der Waals surface area contributed by atoms with Crippen molar-refractivity contribution in [2.45, 2.75) is 4.90 Å². The van der Waals surface area contributed by atoms with Gasteiger partial charge in [0.1, 0.15) is 16.5 Å². The minimum atomic E-state index is -4.01. The second-order valence-corrected chi connectivity index (χ2v) is 6.78. The first-order valence-electron chi connectivity index (χ1n) is 5.80. The average Bonchev–Trinajstić information content (AvgIpc) is 2.78. The van der Waals surface area contributed by atoms with Crippen LogP contribution in [0.25, 0.3) is 10.2 Å². The molecule has 0 fully saturated rings. The van der Waals surface area contributed by atoms with Gasteiger partial charge in [-0.3, -0.25) is 0 Å². The number of nitrogens with zero attached hydrogens (tertiary/aromatic N) is 1. The van der Waals surface area contributed by atoms with Crippen molar-refractivity contribution in [3.8, 4) is 5.75 Å². The Bertz CT molecular complexity index is 905. The number of anilines is 1. The molecule has 0 spiro atoms. The molecule has 8 heteroatoms. The van der Waals surface area contributed by atoms with Crippen LogP contribution >= 0.6 is 11.3 Å². The molecule has 0 aliphatic rings. The summed E-state index contributed by atoms with van der Waals surface area (Å²) >= 11 is 1.23. The molecular formula is C13H9FN2O3S2. The lowest BCUT2D eigenvalue weighted by atomic mass is 10.3. The Morgan fingerprint density at radius 3 is 2.57 bits per heavy atom. The Morgan fingerprint density at radius 2 is 1.86 bits per heavy atom. The number of nitrogen functional groups attached to an aromatic ring is 1. The summed E-state index contributed by atoms with van der Waals surface area (Å²) in [5, 5.41) is 0.392. The molecule has 0 aliphatic heterocycles. The normalized spacial score (nSPS) is 11.7. The summed E-state index contributed by atoms with van der Waals surface area (Å²) in [4.78, 5) is 3.95. The van der Waals surface area contributed by atoms with Gasteiger partial charge in [0.2, 0.25) is 0 Å². The highest BCUT2D eigenvalue weighted by Crippen LogP contribution is 2.29. The maximum atomic E-state index is 12.8. The molecule has 0 amide bonds. The fraction of sp³-hybridized carbons (Fsp3) is 0. The van der Waals surface area contributed by atoms with Crippen LogP contribution < -0.4 is 9.92 Å². The number of benzene rings is 2. The standard InChI is InChI=1S/C13H9FN2O3S2/c14-8-1-4-10(5-2-8)21(17,18)19-9-3-6-11-12(7-9)20-13(15)16-11/h1-7H,(H2,15,16). The van der Waals surface area contributed by atoms with Gasteiger partial charge in [-0.25, -0.2) is 9.37 Å². The Labute approximate surface area is 123 Å². The first-order valence-corrected chi connectivity index (χ1v) is 8.03. The van der Waals surface area contributed by atoms with Crippen LogP contribution in [-0.2, 0) is 10.1 Å². The molecule has 3 aromatic rings. The SMILES string of the molecule is Nc1nc2ccc(OS(=O)(=O)c3ccc(F)cc3)cc2s1. The van der Waals surface area contributed by atoms with Crippen molar-refractivity contribution in [2.24, 2.45) is 0 Å². The number of aromatic nitrogens is 1. The van der Waals surface area contributed by atoms with Gasteiger partial charge >= 0.3 is 10.1 Å². The first kappa shape index (κ1) is 13.8. The van der Waals surface area contributed by atoms with Gasteiger partial charge in [-0.1, -0.05) is 11.3 Å². The minimum absolute atomic E-state index is 0.118. The molecular weight excluding hydrogens is 315 g/mol. The summed E-state index contributed by atoms with van der Waals surface area (Å²) in [6, 6.07) is 9.07. The second-order valence-electron chi connectivity index (χ2n) is 4.17. The topological polar surface area (TPSA) is 82.3 Å². The molecule has 0 atom stereocenters. The summed E-state index contributed by atoms with van der Waals surface area (Å²) < 4.78 is 42.7. The van der Waals surface area contributed by atoms with E-state index in [4.69, 9.17) is 9.92 Å². The largest absolute Gasteiger partial charge is 0.379 e. The molecule has 0 aliphatic carbocycles. The lowest BCUT2D eigenvalue weighted by Crippen LogP contribution is -2.09. The van der Waals surface area contributed by atoms with Crippen molar-refractivity contribution in [1.29, 1.82) is 0 Å². The van der Waals surface area contributed by atoms with E-state index in [0.717, 1.165) is 29.0 Å². The molecule has 0 unspecified atom stereocenters. The zero-order valence-corrected chi connectivity index (χ0v) is 12.1. The van der Waals surface area contributed by atoms with Crippen molar-refractivity contribution in [1.82, 2.24) is 4.98 Å². The molecule has 2 aromatic carbocycles. The Kier molecular flexibility index (Phi) is 3.26. The fourth-order valence-corrected chi connectivity index (χ4v) is 3.44. The smallest absolute Gasteiger partial charge is 0.339 e. The van der Waals surface area contributed by atoms with Crippen molar-refractivity contribution in [3.05, 3.63) is 48.3 Å². The van der Waals surface area contributed by atoms with E-state index in [1.807, 2.05) is 0 Å². The van der Waals surface area contributed by atoms with Crippen molar-refractivity contribution < 1.29 is 17.0 Å². The van der Waals surface area contributed by atoms with Crippen molar-refractivity contribution >= 4 is 36.8 Å². The molecule has 0 radical (unpaired) electrons. The first-order chi connectivity index (χ1) is 9.94. The number of fused-ring (bicyclic) bond motifs is 1. The zero-order chi connectivity index (χ0) is 15.0. The summed E-state index contributed by atoms with van der Waals surface area (Å²) in [5.74, 6) is -0.369. The number of thiazole rings is 1. The molecule has 0 saturated heterocycles.